The topological polar surface area (TPSA) is 60.5 Å². The molecular weight excluding hydrogens is 300 g/mol. The number of fused-ring (bicyclic) bond motifs is 1. The van der Waals surface area contributed by atoms with Gasteiger partial charge in [-0.3, -0.25) is 10.1 Å². The number of thiazole rings is 1. The Morgan fingerprint density at radius 2 is 2.05 bits per heavy atom. The molecule has 22 heavy (non-hydrogen) atoms. The Labute approximate surface area is 133 Å². The number of hydrogen-bond acceptors (Lipinski definition) is 5. The molecule has 1 aliphatic heterocycles. The van der Waals surface area contributed by atoms with Crippen LogP contribution >= 0.6 is 11.3 Å². The van der Waals surface area contributed by atoms with Crippen molar-refractivity contribution in [3.05, 3.63) is 35.3 Å². The fraction of sp³-hybridized carbons (Fsp3) is 0.375. The Hall–Kier alpha value is -2.08. The molecule has 0 unspecified atom stereocenters. The van der Waals surface area contributed by atoms with E-state index >= 15 is 0 Å². The quantitative estimate of drug-likeness (QED) is 0.923. The fourth-order valence-corrected chi connectivity index (χ4v) is 2.95. The Balaban J connectivity index is 1.67. The molecule has 1 N–H and O–H groups in total. The van der Waals surface area contributed by atoms with Crippen molar-refractivity contribution in [2.24, 2.45) is 0 Å². The molecule has 0 radical (unpaired) electrons. The number of para-hydroxylation sites is 2. The number of nitrogens with zero attached hydrogens (tertiary/aromatic N) is 1. The molecule has 1 aliphatic rings. The number of ether oxygens (including phenoxy) is 2. The van der Waals surface area contributed by atoms with Crippen molar-refractivity contribution in [2.45, 2.75) is 32.3 Å². The lowest BCUT2D eigenvalue weighted by Gasteiger charge is -2.25. The number of nitrogens with one attached hydrogen (secondary N) is 1. The fourth-order valence-electron chi connectivity index (χ4n) is 2.01. The first-order valence-corrected chi connectivity index (χ1v) is 7.97. The van der Waals surface area contributed by atoms with Crippen molar-refractivity contribution >= 4 is 22.4 Å². The second kappa shape index (κ2) is 5.61. The molecule has 1 atom stereocenters. The third kappa shape index (κ3) is 3.06. The minimum absolute atomic E-state index is 0.0388. The number of anilines is 1. The van der Waals surface area contributed by atoms with E-state index < -0.39 is 6.10 Å². The van der Waals surface area contributed by atoms with Crippen LogP contribution in [0.3, 0.4) is 0 Å². The lowest BCUT2D eigenvalue weighted by atomic mass is 9.93. The van der Waals surface area contributed by atoms with Crippen molar-refractivity contribution in [2.75, 3.05) is 11.9 Å². The molecule has 0 fully saturated rings. The highest BCUT2D eigenvalue weighted by atomic mass is 32.1. The van der Waals surface area contributed by atoms with Crippen LogP contribution in [0.1, 0.15) is 26.5 Å². The molecule has 116 valence electrons. The predicted molar refractivity (Wildman–Crippen MR) is 85.8 cm³/mol. The number of rotatable bonds is 2. The first-order valence-electron chi connectivity index (χ1n) is 7.09. The van der Waals surface area contributed by atoms with Crippen LogP contribution in [-0.2, 0) is 10.2 Å². The molecule has 1 aromatic carbocycles. The molecule has 0 spiro atoms. The molecule has 0 bridgehead atoms. The van der Waals surface area contributed by atoms with Crippen LogP contribution in [0.15, 0.2) is 29.6 Å². The van der Waals surface area contributed by atoms with Crippen LogP contribution in [-0.4, -0.2) is 23.6 Å². The molecule has 6 heteroatoms. The van der Waals surface area contributed by atoms with Gasteiger partial charge in [-0.2, -0.15) is 0 Å². The highest BCUT2D eigenvalue weighted by molar-refractivity contribution is 7.14. The maximum atomic E-state index is 12.3. The van der Waals surface area contributed by atoms with E-state index in [-0.39, 0.29) is 17.9 Å². The minimum Gasteiger partial charge on any atom is -0.485 e. The predicted octanol–water partition coefficient (Wildman–Crippen LogP) is 3.22. The summed E-state index contributed by atoms with van der Waals surface area (Å²) >= 11 is 1.41. The summed E-state index contributed by atoms with van der Waals surface area (Å²) in [5.41, 5.74) is 0.919. The Morgan fingerprint density at radius 1 is 1.32 bits per heavy atom. The molecular formula is C16H18N2O3S. The van der Waals surface area contributed by atoms with Crippen LogP contribution in [0, 0.1) is 0 Å². The van der Waals surface area contributed by atoms with Crippen LogP contribution in [0.5, 0.6) is 11.5 Å². The van der Waals surface area contributed by atoms with Gasteiger partial charge in [0, 0.05) is 10.8 Å². The Morgan fingerprint density at radius 3 is 2.73 bits per heavy atom. The second-order valence-electron chi connectivity index (χ2n) is 6.14. The molecule has 2 aromatic rings. The summed E-state index contributed by atoms with van der Waals surface area (Å²) in [6.45, 7) is 6.45. The van der Waals surface area contributed by atoms with Gasteiger partial charge in [-0.25, -0.2) is 4.98 Å². The number of carbonyl (C=O) groups excluding carboxylic acids is 1. The van der Waals surface area contributed by atoms with Crippen LogP contribution in [0.25, 0.3) is 0 Å². The summed E-state index contributed by atoms with van der Waals surface area (Å²) in [6.07, 6.45) is -0.670. The third-order valence-corrected chi connectivity index (χ3v) is 4.06. The normalized spacial score (nSPS) is 17.1. The zero-order chi connectivity index (χ0) is 15.7. The zero-order valence-electron chi connectivity index (χ0n) is 12.8. The highest BCUT2D eigenvalue weighted by Crippen LogP contribution is 2.31. The van der Waals surface area contributed by atoms with Gasteiger partial charge >= 0.3 is 0 Å². The van der Waals surface area contributed by atoms with E-state index in [1.54, 1.807) is 6.07 Å². The van der Waals surface area contributed by atoms with Crippen LogP contribution < -0.4 is 14.8 Å². The average Bonchev–Trinajstić information content (AvgIpc) is 2.95. The smallest absolute Gasteiger partial charge is 0.270 e. The van der Waals surface area contributed by atoms with E-state index in [4.69, 9.17) is 9.47 Å². The standard InChI is InChI=1S/C16H18N2O3S/c1-16(2,3)13-9-22-15(17-13)18-14(19)12-8-20-10-6-4-5-7-11(10)21-12/h4-7,9,12H,8H2,1-3H3,(H,17,18,19)/t12-/m1/s1. The van der Waals surface area contributed by atoms with Gasteiger partial charge in [-0.05, 0) is 12.1 Å². The van der Waals surface area contributed by atoms with Gasteiger partial charge in [0.05, 0.1) is 5.69 Å². The van der Waals surface area contributed by atoms with Gasteiger partial charge in [0.1, 0.15) is 6.61 Å². The third-order valence-electron chi connectivity index (χ3n) is 3.30. The Bertz CT molecular complexity index is 691. The molecule has 0 aliphatic carbocycles. The summed E-state index contributed by atoms with van der Waals surface area (Å²) in [7, 11) is 0. The molecule has 5 nitrogen and oxygen atoms in total. The number of hydrogen-bond donors (Lipinski definition) is 1. The van der Waals surface area contributed by atoms with Gasteiger partial charge in [0.25, 0.3) is 5.91 Å². The molecule has 0 saturated heterocycles. The number of carbonyl (C=O) groups is 1. The van der Waals surface area contributed by atoms with E-state index in [1.165, 1.54) is 11.3 Å². The zero-order valence-corrected chi connectivity index (χ0v) is 13.6. The molecule has 3 rings (SSSR count). The van der Waals surface area contributed by atoms with Gasteiger partial charge < -0.3 is 9.47 Å². The largest absolute Gasteiger partial charge is 0.485 e. The minimum atomic E-state index is -0.670. The van der Waals surface area contributed by atoms with Crippen molar-refractivity contribution in [3.8, 4) is 11.5 Å². The average molecular weight is 318 g/mol. The number of amides is 1. The second-order valence-corrected chi connectivity index (χ2v) is 7.00. The lowest BCUT2D eigenvalue weighted by Crippen LogP contribution is -2.40. The molecule has 1 amide bonds. The van der Waals surface area contributed by atoms with Gasteiger partial charge in [0.2, 0.25) is 6.10 Å². The molecule has 2 heterocycles. The summed E-state index contributed by atoms with van der Waals surface area (Å²) < 4.78 is 11.2. The summed E-state index contributed by atoms with van der Waals surface area (Å²) in [4.78, 5) is 16.7. The highest BCUT2D eigenvalue weighted by Gasteiger charge is 2.28. The summed E-state index contributed by atoms with van der Waals surface area (Å²) in [5.74, 6) is 1.00. The van der Waals surface area contributed by atoms with E-state index in [9.17, 15) is 4.79 Å². The van der Waals surface area contributed by atoms with Crippen LogP contribution in [0.2, 0.25) is 0 Å². The van der Waals surface area contributed by atoms with E-state index in [2.05, 4.69) is 31.1 Å². The summed E-state index contributed by atoms with van der Waals surface area (Å²) in [5, 5.41) is 5.34. The van der Waals surface area contributed by atoms with Crippen molar-refractivity contribution in [1.82, 2.24) is 4.98 Å². The lowest BCUT2D eigenvalue weighted by molar-refractivity contribution is -0.125. The summed E-state index contributed by atoms with van der Waals surface area (Å²) in [6, 6.07) is 7.32. The van der Waals surface area contributed by atoms with E-state index in [0.717, 1.165) is 5.69 Å². The Kier molecular flexibility index (Phi) is 3.78. The van der Waals surface area contributed by atoms with Gasteiger partial charge in [-0.1, -0.05) is 32.9 Å². The van der Waals surface area contributed by atoms with Crippen molar-refractivity contribution in [1.29, 1.82) is 0 Å². The maximum absolute atomic E-state index is 12.3. The van der Waals surface area contributed by atoms with Crippen molar-refractivity contribution < 1.29 is 14.3 Å². The maximum Gasteiger partial charge on any atom is 0.270 e. The number of benzene rings is 1. The van der Waals surface area contributed by atoms with Gasteiger partial charge in [0.15, 0.2) is 16.6 Å². The molecule has 1 aromatic heterocycles. The first kappa shape index (κ1) is 14.8. The monoisotopic (exact) mass is 318 g/mol. The van der Waals surface area contributed by atoms with E-state index in [1.807, 2.05) is 23.6 Å². The first-order chi connectivity index (χ1) is 10.4. The van der Waals surface area contributed by atoms with Gasteiger partial charge in [-0.15, -0.1) is 11.3 Å². The SMILES string of the molecule is CC(C)(C)c1csc(NC(=O)[C@H]2COc3ccccc3O2)n1. The van der Waals surface area contributed by atoms with Crippen LogP contribution in [0.4, 0.5) is 5.13 Å². The molecule has 0 saturated carbocycles. The number of aromatic nitrogens is 1. The van der Waals surface area contributed by atoms with E-state index in [0.29, 0.717) is 16.6 Å². The van der Waals surface area contributed by atoms with Crippen molar-refractivity contribution in [3.63, 3.8) is 0 Å².